The molecule has 0 aromatic carbocycles. The Bertz CT molecular complexity index is 1070. The minimum Gasteiger partial charge on any atom is -0.367 e. The maximum atomic E-state index is 13.0. The van der Waals surface area contributed by atoms with E-state index in [0.29, 0.717) is 30.4 Å². The number of fused-ring (bicyclic) bond motifs is 1. The van der Waals surface area contributed by atoms with Crippen molar-refractivity contribution in [1.82, 2.24) is 19.5 Å². The van der Waals surface area contributed by atoms with E-state index in [4.69, 9.17) is 16.3 Å². The van der Waals surface area contributed by atoms with Gasteiger partial charge < -0.3 is 9.64 Å². The number of pyridine rings is 1. The molecule has 2 aliphatic rings. The van der Waals surface area contributed by atoms with E-state index in [9.17, 15) is 14.9 Å². The van der Waals surface area contributed by atoms with Gasteiger partial charge in [0.1, 0.15) is 16.8 Å². The molecule has 144 valence electrons. The minimum atomic E-state index is -0.882. The normalized spacial score (nSPS) is 24.3. The summed E-state index contributed by atoms with van der Waals surface area (Å²) in [6, 6.07) is 7.08. The molecule has 0 bridgehead atoms. The van der Waals surface area contributed by atoms with Gasteiger partial charge in [0.05, 0.1) is 18.7 Å². The fourth-order valence-corrected chi connectivity index (χ4v) is 4.13. The molecule has 0 N–H and O–H groups in total. The van der Waals surface area contributed by atoms with Crippen molar-refractivity contribution in [2.24, 2.45) is 5.41 Å². The Kier molecular flexibility index (Phi) is 4.25. The quantitative estimate of drug-likeness (QED) is 0.680. The number of morpholine rings is 1. The fourth-order valence-electron chi connectivity index (χ4n) is 3.94. The van der Waals surface area contributed by atoms with Crippen LogP contribution in [-0.4, -0.2) is 56.5 Å². The van der Waals surface area contributed by atoms with Gasteiger partial charge in [0.2, 0.25) is 5.82 Å². The van der Waals surface area contributed by atoms with Crippen molar-refractivity contribution in [2.75, 3.05) is 19.7 Å². The number of nitrogens with zero attached hydrogens (tertiary/aromatic N) is 5. The fraction of sp³-hybridized carbons (Fsp3) is 0.421. The molecule has 2 aromatic heterocycles. The number of hydrogen-bond donors (Lipinski definition) is 0. The van der Waals surface area contributed by atoms with E-state index >= 15 is 0 Å². The Balaban J connectivity index is 1.66. The van der Waals surface area contributed by atoms with Crippen LogP contribution >= 0.6 is 11.6 Å². The van der Waals surface area contributed by atoms with Gasteiger partial charge in [-0.2, -0.15) is 5.26 Å². The van der Waals surface area contributed by atoms with E-state index in [-0.39, 0.29) is 29.6 Å². The third-order valence-electron chi connectivity index (χ3n) is 5.13. The predicted octanol–water partition coefficient (Wildman–Crippen LogP) is 2.04. The van der Waals surface area contributed by atoms with Crippen molar-refractivity contribution in [2.45, 2.75) is 25.9 Å². The van der Waals surface area contributed by atoms with Gasteiger partial charge in [-0.3, -0.25) is 9.59 Å². The molecule has 1 amide bonds. The molecule has 1 unspecified atom stereocenters. The zero-order valence-corrected chi connectivity index (χ0v) is 16.2. The van der Waals surface area contributed by atoms with Crippen LogP contribution in [0.1, 0.15) is 30.9 Å². The first-order valence-electron chi connectivity index (χ1n) is 8.87. The van der Waals surface area contributed by atoms with E-state index < -0.39 is 11.0 Å². The molecular formula is C19H18ClN5O3. The number of carbonyl (C=O) groups excluding carboxylic acids is 2. The van der Waals surface area contributed by atoms with Gasteiger partial charge >= 0.3 is 0 Å². The van der Waals surface area contributed by atoms with Crippen LogP contribution in [0.2, 0.25) is 5.15 Å². The van der Waals surface area contributed by atoms with Gasteiger partial charge in [-0.25, -0.2) is 9.50 Å². The molecule has 1 aliphatic heterocycles. The molecule has 2 aromatic rings. The van der Waals surface area contributed by atoms with Gasteiger partial charge in [-0.05, 0) is 24.6 Å². The van der Waals surface area contributed by atoms with E-state index in [0.717, 1.165) is 0 Å². The first kappa shape index (κ1) is 18.6. The monoisotopic (exact) mass is 399 g/mol. The summed E-state index contributed by atoms with van der Waals surface area (Å²) in [5.41, 5.74) is -1.08. The number of aromatic nitrogens is 3. The second-order valence-corrected chi connectivity index (χ2v) is 8.14. The molecule has 1 aliphatic carbocycles. The Morgan fingerprint density at radius 1 is 1.39 bits per heavy atom. The van der Waals surface area contributed by atoms with Crippen molar-refractivity contribution in [3.05, 3.63) is 40.8 Å². The number of rotatable bonds is 1. The number of Topliss-reactive ketones (excluding diaryl/α,β-unsaturated/α-hetero) is 1. The topological polar surface area (TPSA) is 101 Å². The average molecular weight is 400 g/mol. The molecule has 0 saturated carbocycles. The highest BCUT2D eigenvalue weighted by Crippen LogP contribution is 2.41. The van der Waals surface area contributed by atoms with E-state index in [1.165, 1.54) is 4.52 Å². The lowest BCUT2D eigenvalue weighted by Gasteiger charge is -2.46. The number of ether oxygens (including phenoxy) is 1. The molecular weight excluding hydrogens is 382 g/mol. The summed E-state index contributed by atoms with van der Waals surface area (Å²) in [6.45, 7) is 4.46. The highest BCUT2D eigenvalue weighted by Gasteiger charge is 2.48. The molecule has 1 fully saturated rings. The molecule has 1 saturated heterocycles. The Morgan fingerprint density at radius 3 is 2.89 bits per heavy atom. The first-order chi connectivity index (χ1) is 13.2. The second-order valence-electron chi connectivity index (χ2n) is 7.75. The molecule has 4 rings (SSSR count). The highest BCUT2D eigenvalue weighted by molar-refractivity contribution is 6.29. The van der Waals surface area contributed by atoms with Crippen LogP contribution in [0.4, 0.5) is 0 Å². The number of halogens is 1. The summed E-state index contributed by atoms with van der Waals surface area (Å²) >= 11 is 6.10. The second kappa shape index (κ2) is 6.40. The van der Waals surface area contributed by atoms with Crippen LogP contribution < -0.4 is 0 Å². The van der Waals surface area contributed by atoms with Gasteiger partial charge in [0.15, 0.2) is 11.4 Å². The van der Waals surface area contributed by atoms with Gasteiger partial charge in [-0.15, -0.1) is 5.10 Å². The smallest absolute Gasteiger partial charge is 0.293 e. The number of hydrogen-bond acceptors (Lipinski definition) is 6. The standard InChI is InChI=1S/C19H18ClN5O3/c1-18(2)10-19(8-12(9-21)15(18)26)11-24(6-7-28-19)17(27)16-22-14-5-3-4-13(20)25(14)23-16/h3-5,8H,6-7,10-11H2,1-2H3. The molecule has 3 heterocycles. The maximum Gasteiger partial charge on any atom is 0.293 e. The summed E-state index contributed by atoms with van der Waals surface area (Å²) < 4.78 is 7.38. The third-order valence-corrected chi connectivity index (χ3v) is 5.42. The summed E-state index contributed by atoms with van der Waals surface area (Å²) in [5.74, 6) is -0.505. The molecule has 1 spiro atoms. The lowest BCUT2D eigenvalue weighted by atomic mass is 9.69. The van der Waals surface area contributed by atoms with Crippen LogP contribution in [-0.2, 0) is 9.53 Å². The molecule has 1 atom stereocenters. The molecule has 9 heteroatoms. The van der Waals surface area contributed by atoms with Crippen molar-refractivity contribution in [3.63, 3.8) is 0 Å². The molecule has 28 heavy (non-hydrogen) atoms. The van der Waals surface area contributed by atoms with E-state index in [1.54, 1.807) is 43.0 Å². The Labute approximate surface area is 166 Å². The average Bonchev–Trinajstić information content (AvgIpc) is 3.09. The molecule has 0 radical (unpaired) electrons. The number of amides is 1. The minimum absolute atomic E-state index is 0.0424. The first-order valence-corrected chi connectivity index (χ1v) is 9.25. The molecule has 8 nitrogen and oxygen atoms in total. The lowest BCUT2D eigenvalue weighted by molar-refractivity contribution is -0.134. The van der Waals surface area contributed by atoms with Crippen LogP contribution in [0.25, 0.3) is 5.65 Å². The number of nitriles is 1. The van der Waals surface area contributed by atoms with Crippen LogP contribution in [0.5, 0.6) is 0 Å². The third kappa shape index (κ3) is 2.97. The summed E-state index contributed by atoms with van der Waals surface area (Å²) in [6.07, 6.45) is 1.95. The zero-order chi connectivity index (χ0) is 20.1. The Hall–Kier alpha value is -2.76. The van der Waals surface area contributed by atoms with Crippen molar-refractivity contribution >= 4 is 28.9 Å². The van der Waals surface area contributed by atoms with Crippen molar-refractivity contribution in [1.29, 1.82) is 5.26 Å². The van der Waals surface area contributed by atoms with Crippen LogP contribution in [0.15, 0.2) is 29.8 Å². The summed E-state index contributed by atoms with van der Waals surface area (Å²) in [5, 5.41) is 13.9. The SMILES string of the molecule is CC1(C)CC2(C=C(C#N)C1=O)CN(C(=O)c1nc3cccc(Cl)n3n1)CCO2. The summed E-state index contributed by atoms with van der Waals surface area (Å²) in [4.78, 5) is 31.3. The summed E-state index contributed by atoms with van der Waals surface area (Å²) in [7, 11) is 0. The van der Waals surface area contributed by atoms with Crippen LogP contribution in [0.3, 0.4) is 0 Å². The Morgan fingerprint density at radius 2 is 2.18 bits per heavy atom. The number of carbonyl (C=O) groups is 2. The van der Waals surface area contributed by atoms with Crippen molar-refractivity contribution < 1.29 is 14.3 Å². The number of allylic oxidation sites excluding steroid dienone is 1. The maximum absolute atomic E-state index is 13.0. The largest absolute Gasteiger partial charge is 0.367 e. The van der Waals surface area contributed by atoms with Crippen LogP contribution in [0, 0.1) is 16.7 Å². The zero-order valence-electron chi connectivity index (χ0n) is 15.5. The van der Waals surface area contributed by atoms with Gasteiger partial charge in [-0.1, -0.05) is 31.5 Å². The van der Waals surface area contributed by atoms with Crippen molar-refractivity contribution in [3.8, 4) is 6.07 Å². The lowest BCUT2D eigenvalue weighted by Crippen LogP contribution is -2.57. The predicted molar refractivity (Wildman–Crippen MR) is 99.7 cm³/mol. The van der Waals surface area contributed by atoms with E-state index in [1.807, 2.05) is 6.07 Å². The highest BCUT2D eigenvalue weighted by atomic mass is 35.5. The van der Waals surface area contributed by atoms with E-state index in [2.05, 4.69) is 10.1 Å². The van der Waals surface area contributed by atoms with Gasteiger partial charge in [0.25, 0.3) is 5.91 Å². The van der Waals surface area contributed by atoms with Gasteiger partial charge in [0, 0.05) is 12.0 Å². The number of ketones is 1.